The van der Waals surface area contributed by atoms with Crippen molar-refractivity contribution < 1.29 is 0 Å². The lowest BCUT2D eigenvalue weighted by Gasteiger charge is -2.02. The van der Waals surface area contributed by atoms with Crippen molar-refractivity contribution in [2.24, 2.45) is 0 Å². The van der Waals surface area contributed by atoms with E-state index in [1.165, 1.54) is 22.1 Å². The third-order valence-electron chi connectivity index (χ3n) is 2.37. The number of thiazole rings is 1. The molecule has 0 aliphatic heterocycles. The molecule has 0 aromatic carbocycles. The second-order valence-electron chi connectivity index (χ2n) is 3.92. The first-order valence-corrected chi connectivity index (χ1v) is 6.97. The van der Waals surface area contributed by atoms with E-state index in [-0.39, 0.29) is 5.02 Å². The number of hydrogen-bond acceptors (Lipinski definition) is 5. The molecule has 0 saturated heterocycles. The Bertz CT molecular complexity index is 676. The van der Waals surface area contributed by atoms with Crippen molar-refractivity contribution in [2.75, 3.05) is 11.9 Å². The van der Waals surface area contributed by atoms with Gasteiger partial charge in [-0.3, -0.25) is 14.3 Å². The fraction of sp³-hybridized carbons (Fsp3) is 0.364. The first-order chi connectivity index (χ1) is 9.10. The van der Waals surface area contributed by atoms with Crippen molar-refractivity contribution in [1.82, 2.24) is 14.5 Å². The highest BCUT2D eigenvalue weighted by molar-refractivity contribution is 7.15. The summed E-state index contributed by atoms with van der Waals surface area (Å²) in [7, 11) is 0. The van der Waals surface area contributed by atoms with Crippen LogP contribution in [0.4, 0.5) is 5.13 Å². The highest BCUT2D eigenvalue weighted by Crippen LogP contribution is 2.18. The number of H-pyrrole nitrogens is 1. The number of halogens is 1. The van der Waals surface area contributed by atoms with Gasteiger partial charge in [-0.15, -0.1) is 11.3 Å². The third kappa shape index (κ3) is 3.45. The van der Waals surface area contributed by atoms with Gasteiger partial charge in [0.25, 0.3) is 5.56 Å². The van der Waals surface area contributed by atoms with Crippen LogP contribution in [0.2, 0.25) is 5.02 Å². The van der Waals surface area contributed by atoms with Crippen molar-refractivity contribution in [3.8, 4) is 0 Å². The molecule has 0 aliphatic rings. The van der Waals surface area contributed by atoms with Gasteiger partial charge in [0.2, 0.25) is 0 Å². The molecule has 2 aromatic rings. The Kier molecular flexibility index (Phi) is 4.39. The van der Waals surface area contributed by atoms with Gasteiger partial charge in [-0.05, 0) is 6.42 Å². The molecule has 0 atom stereocenters. The maximum absolute atomic E-state index is 11.6. The van der Waals surface area contributed by atoms with Crippen LogP contribution in [0.25, 0.3) is 0 Å². The zero-order chi connectivity index (χ0) is 13.8. The largest absolute Gasteiger partial charge is 0.362 e. The standard InChI is InChI=1S/C11H13ClN4O2S/c1-2-3-13-10-14-4-7(19-10)5-16-6-8(12)9(17)15-11(16)18/h4,6H,2-3,5H2,1H3,(H,13,14)(H,15,17,18). The molecule has 2 rings (SSSR count). The van der Waals surface area contributed by atoms with E-state index in [4.69, 9.17) is 11.6 Å². The zero-order valence-corrected chi connectivity index (χ0v) is 11.8. The van der Waals surface area contributed by atoms with Gasteiger partial charge in [-0.1, -0.05) is 18.5 Å². The van der Waals surface area contributed by atoms with Crippen molar-refractivity contribution in [2.45, 2.75) is 19.9 Å². The van der Waals surface area contributed by atoms with Gasteiger partial charge in [0.15, 0.2) is 5.13 Å². The lowest BCUT2D eigenvalue weighted by Crippen LogP contribution is -2.29. The van der Waals surface area contributed by atoms with E-state index in [2.05, 4.69) is 22.2 Å². The lowest BCUT2D eigenvalue weighted by molar-refractivity contribution is 0.728. The Morgan fingerprint density at radius 1 is 1.53 bits per heavy atom. The molecule has 0 fully saturated rings. The van der Waals surface area contributed by atoms with E-state index < -0.39 is 11.2 Å². The second kappa shape index (κ2) is 6.03. The summed E-state index contributed by atoms with van der Waals surface area (Å²) in [6.07, 6.45) is 4.06. The number of rotatable bonds is 5. The normalized spacial score (nSPS) is 10.6. The lowest BCUT2D eigenvalue weighted by atomic mass is 10.5. The van der Waals surface area contributed by atoms with Gasteiger partial charge >= 0.3 is 5.69 Å². The van der Waals surface area contributed by atoms with Crippen LogP contribution in [0.3, 0.4) is 0 Å². The minimum atomic E-state index is -0.572. The molecular formula is C11H13ClN4O2S. The van der Waals surface area contributed by atoms with Gasteiger partial charge in [-0.2, -0.15) is 0 Å². The van der Waals surface area contributed by atoms with Gasteiger partial charge in [0.1, 0.15) is 5.02 Å². The smallest absolute Gasteiger partial charge is 0.328 e. The Hall–Kier alpha value is -1.60. The molecule has 0 amide bonds. The molecular weight excluding hydrogens is 288 g/mol. The van der Waals surface area contributed by atoms with Gasteiger partial charge in [-0.25, -0.2) is 9.78 Å². The molecule has 2 aromatic heterocycles. The van der Waals surface area contributed by atoms with Crippen LogP contribution in [0, 0.1) is 0 Å². The summed E-state index contributed by atoms with van der Waals surface area (Å²) < 4.78 is 1.35. The first-order valence-electron chi connectivity index (χ1n) is 5.78. The van der Waals surface area contributed by atoms with Crippen LogP contribution < -0.4 is 16.6 Å². The Morgan fingerprint density at radius 2 is 2.32 bits per heavy atom. The SMILES string of the molecule is CCCNc1ncc(Cn2cc(Cl)c(=O)[nH]c2=O)s1. The minimum absolute atomic E-state index is 0.00607. The number of hydrogen-bond donors (Lipinski definition) is 2. The molecule has 8 heteroatoms. The van der Waals surface area contributed by atoms with E-state index in [0.29, 0.717) is 6.54 Å². The van der Waals surface area contributed by atoms with Gasteiger partial charge in [0.05, 0.1) is 6.54 Å². The van der Waals surface area contributed by atoms with Crippen molar-refractivity contribution in [3.05, 3.63) is 43.1 Å². The summed E-state index contributed by atoms with van der Waals surface area (Å²) in [5, 5.41) is 3.99. The van der Waals surface area contributed by atoms with Crippen LogP contribution in [-0.2, 0) is 6.54 Å². The monoisotopic (exact) mass is 300 g/mol. The maximum atomic E-state index is 11.6. The van der Waals surface area contributed by atoms with Crippen molar-refractivity contribution in [1.29, 1.82) is 0 Å². The fourth-order valence-corrected chi connectivity index (χ4v) is 2.46. The summed E-state index contributed by atoms with van der Waals surface area (Å²) >= 11 is 7.17. The number of aromatic amines is 1. The number of anilines is 1. The average molecular weight is 301 g/mol. The average Bonchev–Trinajstić information content (AvgIpc) is 2.81. The molecule has 0 radical (unpaired) electrons. The summed E-state index contributed by atoms with van der Waals surface area (Å²) in [5.74, 6) is 0. The summed E-state index contributed by atoms with van der Waals surface area (Å²) in [6.45, 7) is 3.27. The quantitative estimate of drug-likeness (QED) is 0.877. The number of aromatic nitrogens is 3. The Balaban J connectivity index is 2.17. The first kappa shape index (κ1) is 13.8. The molecule has 2 N–H and O–H groups in total. The Morgan fingerprint density at radius 3 is 3.05 bits per heavy atom. The van der Waals surface area contributed by atoms with Crippen LogP contribution in [0.5, 0.6) is 0 Å². The number of nitrogens with zero attached hydrogens (tertiary/aromatic N) is 2. The van der Waals surface area contributed by atoms with Crippen molar-refractivity contribution in [3.63, 3.8) is 0 Å². The van der Waals surface area contributed by atoms with E-state index in [1.807, 2.05) is 0 Å². The molecule has 19 heavy (non-hydrogen) atoms. The molecule has 2 heterocycles. The Labute approximate surface area is 118 Å². The van der Waals surface area contributed by atoms with Crippen LogP contribution >= 0.6 is 22.9 Å². The fourth-order valence-electron chi connectivity index (χ4n) is 1.46. The second-order valence-corrected chi connectivity index (χ2v) is 5.45. The maximum Gasteiger partial charge on any atom is 0.328 e. The van der Waals surface area contributed by atoms with Crippen molar-refractivity contribution >= 4 is 28.1 Å². The third-order valence-corrected chi connectivity index (χ3v) is 3.58. The highest BCUT2D eigenvalue weighted by Gasteiger charge is 2.06. The van der Waals surface area contributed by atoms with Gasteiger partial charge < -0.3 is 5.32 Å². The molecule has 0 bridgehead atoms. The zero-order valence-electron chi connectivity index (χ0n) is 10.3. The summed E-state index contributed by atoms with van der Waals surface area (Å²) in [6, 6.07) is 0. The predicted molar refractivity (Wildman–Crippen MR) is 76.3 cm³/mol. The van der Waals surface area contributed by atoms with Crippen LogP contribution in [0.1, 0.15) is 18.2 Å². The van der Waals surface area contributed by atoms with Gasteiger partial charge in [0, 0.05) is 23.8 Å². The summed E-state index contributed by atoms with van der Waals surface area (Å²) in [5.41, 5.74) is -1.05. The predicted octanol–water partition coefficient (Wildman–Crippen LogP) is 1.52. The summed E-state index contributed by atoms with van der Waals surface area (Å²) in [4.78, 5) is 30.0. The van der Waals surface area contributed by atoms with Crippen LogP contribution in [0.15, 0.2) is 22.0 Å². The van der Waals surface area contributed by atoms with E-state index in [1.54, 1.807) is 6.20 Å². The van der Waals surface area contributed by atoms with E-state index in [0.717, 1.165) is 23.0 Å². The van der Waals surface area contributed by atoms with E-state index >= 15 is 0 Å². The highest BCUT2D eigenvalue weighted by atomic mass is 35.5. The van der Waals surface area contributed by atoms with Crippen LogP contribution in [-0.4, -0.2) is 21.1 Å². The molecule has 0 aliphatic carbocycles. The van der Waals surface area contributed by atoms with E-state index in [9.17, 15) is 9.59 Å². The topological polar surface area (TPSA) is 79.8 Å². The molecule has 0 unspecified atom stereocenters. The molecule has 0 saturated carbocycles. The molecule has 6 nitrogen and oxygen atoms in total. The molecule has 0 spiro atoms. The minimum Gasteiger partial charge on any atom is -0.362 e. The molecule has 102 valence electrons. The number of nitrogens with one attached hydrogen (secondary N) is 2.